The van der Waals surface area contributed by atoms with Crippen molar-refractivity contribution in [3.8, 4) is 17.2 Å². The third-order valence-corrected chi connectivity index (χ3v) is 6.91. The molecule has 0 aliphatic carbocycles. The summed E-state index contributed by atoms with van der Waals surface area (Å²) in [5.41, 5.74) is 4.54. The molecule has 4 aromatic rings. The summed E-state index contributed by atoms with van der Waals surface area (Å²) in [6.45, 7) is 6.55. The zero-order valence-corrected chi connectivity index (χ0v) is 22.2. The van der Waals surface area contributed by atoms with E-state index in [-0.39, 0.29) is 5.56 Å². The Kier molecular flexibility index (Phi) is 7.74. The highest BCUT2D eigenvalue weighted by atomic mass is 16.5. The number of para-hydroxylation sites is 1. The van der Waals surface area contributed by atoms with E-state index < -0.39 is 0 Å². The third kappa shape index (κ3) is 5.73. The van der Waals surface area contributed by atoms with Gasteiger partial charge in [-0.25, -0.2) is 0 Å². The Hall–Kier alpha value is -4.11. The average Bonchev–Trinajstić information content (AvgIpc) is 3.26. The molecule has 1 aliphatic heterocycles. The normalized spacial score (nSPS) is 14.0. The highest BCUT2D eigenvalue weighted by Gasteiger charge is 2.24. The Labute approximate surface area is 222 Å². The van der Waals surface area contributed by atoms with E-state index in [9.17, 15) is 4.79 Å². The van der Waals surface area contributed by atoms with Gasteiger partial charge in [-0.3, -0.25) is 14.4 Å². The van der Waals surface area contributed by atoms with Crippen molar-refractivity contribution in [3.05, 3.63) is 94.2 Å². The summed E-state index contributed by atoms with van der Waals surface area (Å²) in [4.78, 5) is 18.2. The molecule has 0 spiro atoms. The summed E-state index contributed by atoms with van der Waals surface area (Å²) in [6.07, 6.45) is 2.44. The van der Waals surface area contributed by atoms with Gasteiger partial charge >= 0.3 is 5.56 Å². The minimum absolute atomic E-state index is 0.253. The zero-order chi connectivity index (χ0) is 26.5. The van der Waals surface area contributed by atoms with Crippen LogP contribution in [0, 0.1) is 6.92 Å². The molecule has 2 aromatic heterocycles. The van der Waals surface area contributed by atoms with Crippen LogP contribution in [0.2, 0.25) is 0 Å². The lowest BCUT2D eigenvalue weighted by Gasteiger charge is -2.36. The van der Waals surface area contributed by atoms with Gasteiger partial charge in [-0.15, -0.1) is 0 Å². The predicted octanol–water partition coefficient (Wildman–Crippen LogP) is 3.23. The molecular weight excluding hydrogens is 480 g/mol. The van der Waals surface area contributed by atoms with E-state index in [1.807, 2.05) is 73.3 Å². The van der Waals surface area contributed by atoms with Gasteiger partial charge in [0.15, 0.2) is 0 Å². The molecule has 198 valence electrons. The molecule has 9 heteroatoms. The number of anilines is 1. The summed E-state index contributed by atoms with van der Waals surface area (Å²) < 4.78 is 14.8. The highest BCUT2D eigenvalue weighted by Crippen LogP contribution is 2.26. The first-order valence-corrected chi connectivity index (χ1v) is 12.9. The van der Waals surface area contributed by atoms with Gasteiger partial charge < -0.3 is 14.4 Å². The fourth-order valence-corrected chi connectivity index (χ4v) is 4.79. The topological polar surface area (TPSA) is 77.7 Å². The maximum Gasteiger partial charge on any atom is 0.316 e. The predicted molar refractivity (Wildman–Crippen MR) is 147 cm³/mol. The van der Waals surface area contributed by atoms with Gasteiger partial charge in [0.05, 0.1) is 37.0 Å². The molecular formula is C29H34N6O3. The second-order valence-electron chi connectivity index (χ2n) is 9.52. The summed E-state index contributed by atoms with van der Waals surface area (Å²) >= 11 is 0. The summed E-state index contributed by atoms with van der Waals surface area (Å²) in [5, 5.41) is 8.98. The van der Waals surface area contributed by atoms with E-state index in [0.717, 1.165) is 55.4 Å². The third-order valence-electron chi connectivity index (χ3n) is 6.91. The Morgan fingerprint density at radius 1 is 0.974 bits per heavy atom. The van der Waals surface area contributed by atoms with Crippen molar-refractivity contribution in [2.45, 2.75) is 19.9 Å². The number of hydrogen-bond acceptors (Lipinski definition) is 7. The van der Waals surface area contributed by atoms with Gasteiger partial charge in [-0.1, -0.05) is 30.3 Å². The lowest BCUT2D eigenvalue weighted by Crippen LogP contribution is -2.46. The quantitative estimate of drug-likeness (QED) is 0.339. The molecule has 5 rings (SSSR count). The molecule has 1 aliphatic rings. The van der Waals surface area contributed by atoms with Crippen molar-refractivity contribution in [2.75, 3.05) is 44.8 Å². The molecule has 3 heterocycles. The number of piperazine rings is 1. The van der Waals surface area contributed by atoms with E-state index in [2.05, 4.69) is 26.1 Å². The molecule has 1 fully saturated rings. The minimum Gasteiger partial charge on any atom is -0.497 e. The number of hydrogen-bond donors (Lipinski definition) is 0. The van der Waals surface area contributed by atoms with Gasteiger partial charge in [0.1, 0.15) is 11.4 Å². The van der Waals surface area contributed by atoms with E-state index in [4.69, 9.17) is 9.47 Å². The zero-order valence-electron chi connectivity index (χ0n) is 22.2. The smallest absolute Gasteiger partial charge is 0.316 e. The van der Waals surface area contributed by atoms with Crippen LogP contribution in [0.4, 0.5) is 5.69 Å². The van der Waals surface area contributed by atoms with Crippen LogP contribution in [-0.4, -0.2) is 64.4 Å². The van der Waals surface area contributed by atoms with Gasteiger partial charge in [-0.2, -0.15) is 14.9 Å². The van der Waals surface area contributed by atoms with Gasteiger partial charge in [-0.05, 0) is 42.8 Å². The molecule has 2 aromatic carbocycles. The van der Waals surface area contributed by atoms with Crippen molar-refractivity contribution < 1.29 is 9.47 Å². The molecule has 0 unspecified atom stereocenters. The molecule has 0 atom stereocenters. The fraction of sp³-hybridized carbons (Fsp3) is 0.345. The number of aromatic nitrogens is 4. The number of methoxy groups -OCH3 is 1. The summed E-state index contributed by atoms with van der Waals surface area (Å²) in [5.74, 6) is 1.16. The summed E-state index contributed by atoms with van der Waals surface area (Å²) in [7, 11) is 3.64. The van der Waals surface area contributed by atoms with Crippen LogP contribution >= 0.6 is 0 Å². The molecule has 38 heavy (non-hydrogen) atoms. The van der Waals surface area contributed by atoms with Crippen LogP contribution in [0.5, 0.6) is 11.5 Å². The van der Waals surface area contributed by atoms with Crippen LogP contribution in [-0.2, 0) is 20.0 Å². The van der Waals surface area contributed by atoms with Crippen molar-refractivity contribution in [1.82, 2.24) is 24.5 Å². The SMILES string of the molecule is COc1ccc(CCOc2c(N3CCN(Cc4cc(C)nn4C)CC3)cnn(-c3ccccc3)c2=O)cc1. The number of ether oxygens (including phenoxy) is 2. The van der Waals surface area contributed by atoms with Crippen LogP contribution in [0.25, 0.3) is 5.69 Å². The number of aryl methyl sites for hydroxylation is 2. The first-order valence-electron chi connectivity index (χ1n) is 12.9. The lowest BCUT2D eigenvalue weighted by atomic mass is 10.1. The second-order valence-corrected chi connectivity index (χ2v) is 9.52. The van der Waals surface area contributed by atoms with E-state index in [0.29, 0.717) is 24.5 Å². The number of nitrogens with zero attached hydrogens (tertiary/aromatic N) is 6. The Bertz CT molecular complexity index is 1410. The van der Waals surface area contributed by atoms with Gasteiger partial charge in [0.2, 0.25) is 5.75 Å². The average molecular weight is 515 g/mol. The monoisotopic (exact) mass is 514 g/mol. The van der Waals surface area contributed by atoms with Crippen LogP contribution in [0.15, 0.2) is 71.7 Å². The molecule has 0 saturated carbocycles. The Balaban J connectivity index is 1.33. The van der Waals surface area contributed by atoms with E-state index >= 15 is 0 Å². The van der Waals surface area contributed by atoms with Crippen LogP contribution in [0.1, 0.15) is 17.0 Å². The van der Waals surface area contributed by atoms with Crippen molar-refractivity contribution in [3.63, 3.8) is 0 Å². The number of rotatable bonds is 9. The van der Waals surface area contributed by atoms with Crippen LogP contribution < -0.4 is 19.9 Å². The first-order chi connectivity index (χ1) is 18.5. The van der Waals surface area contributed by atoms with E-state index in [1.165, 1.54) is 10.4 Å². The Morgan fingerprint density at radius 3 is 2.37 bits per heavy atom. The van der Waals surface area contributed by atoms with Gasteiger partial charge in [0.25, 0.3) is 0 Å². The van der Waals surface area contributed by atoms with Gasteiger partial charge in [0, 0.05) is 46.2 Å². The standard InChI is InChI=1S/C29H34N6O3/c1-22-19-25(32(2)31-22)21-33-14-16-34(17-15-33)27-20-30-35(24-7-5-4-6-8-24)29(36)28(27)38-18-13-23-9-11-26(37-3)12-10-23/h4-12,19-20H,13-18,21H2,1-3H3. The maximum atomic E-state index is 13.6. The largest absolute Gasteiger partial charge is 0.497 e. The highest BCUT2D eigenvalue weighted by molar-refractivity contribution is 5.57. The fourth-order valence-electron chi connectivity index (χ4n) is 4.79. The second kappa shape index (κ2) is 11.5. The molecule has 0 radical (unpaired) electrons. The Morgan fingerprint density at radius 2 is 1.71 bits per heavy atom. The number of benzene rings is 2. The van der Waals surface area contributed by atoms with E-state index in [1.54, 1.807) is 13.3 Å². The maximum absolute atomic E-state index is 13.6. The molecule has 0 N–H and O–H groups in total. The molecule has 0 amide bonds. The lowest BCUT2D eigenvalue weighted by molar-refractivity contribution is 0.242. The molecule has 9 nitrogen and oxygen atoms in total. The van der Waals surface area contributed by atoms with Crippen molar-refractivity contribution in [1.29, 1.82) is 0 Å². The van der Waals surface area contributed by atoms with Crippen molar-refractivity contribution >= 4 is 5.69 Å². The first kappa shape index (κ1) is 25.5. The van der Waals surface area contributed by atoms with Crippen LogP contribution in [0.3, 0.4) is 0 Å². The summed E-state index contributed by atoms with van der Waals surface area (Å²) in [6, 6.07) is 19.5. The molecule has 0 bridgehead atoms. The molecule has 1 saturated heterocycles. The van der Waals surface area contributed by atoms with Crippen molar-refractivity contribution in [2.24, 2.45) is 7.05 Å². The minimum atomic E-state index is -0.253.